The quantitative estimate of drug-likeness (QED) is 0.384. The molecule has 5 rings (SSSR count). The van der Waals surface area contributed by atoms with Crippen LogP contribution in [-0.2, 0) is 24.8 Å². The van der Waals surface area contributed by atoms with E-state index >= 15 is 0 Å². The molecule has 0 saturated heterocycles. The van der Waals surface area contributed by atoms with Crippen LogP contribution in [0.3, 0.4) is 0 Å². The average Bonchev–Trinajstić information content (AvgIpc) is 3.57. The van der Waals surface area contributed by atoms with Crippen molar-refractivity contribution in [1.29, 1.82) is 0 Å². The first kappa shape index (κ1) is 22.5. The van der Waals surface area contributed by atoms with Gasteiger partial charge in [0.2, 0.25) is 5.91 Å². The number of aromatic nitrogens is 2. The Bertz CT molecular complexity index is 1530. The van der Waals surface area contributed by atoms with Crippen molar-refractivity contribution in [3.05, 3.63) is 89.6 Å². The van der Waals surface area contributed by atoms with Crippen molar-refractivity contribution in [2.24, 2.45) is 7.05 Å². The van der Waals surface area contributed by atoms with Crippen LogP contribution in [0.4, 0.5) is 0 Å². The number of aryl methyl sites for hydroxylation is 2. The Labute approximate surface area is 202 Å². The number of carbonyl (C=O) groups excluding carboxylic acids is 2. The third-order valence-electron chi connectivity index (χ3n) is 6.15. The van der Waals surface area contributed by atoms with Gasteiger partial charge in [-0.2, -0.15) is 5.10 Å². The summed E-state index contributed by atoms with van der Waals surface area (Å²) in [5.74, 6) is -0.505. The van der Waals surface area contributed by atoms with Gasteiger partial charge in [0.15, 0.2) is 0 Å². The highest BCUT2D eigenvalue weighted by Gasteiger charge is 2.26. The van der Waals surface area contributed by atoms with E-state index < -0.39 is 6.04 Å². The number of fused-ring (bicyclic) bond motifs is 2. The van der Waals surface area contributed by atoms with Crippen molar-refractivity contribution in [1.82, 2.24) is 20.0 Å². The molecule has 0 unspecified atom stereocenters. The van der Waals surface area contributed by atoms with Gasteiger partial charge < -0.3 is 19.1 Å². The van der Waals surface area contributed by atoms with E-state index in [1.165, 1.54) is 0 Å². The smallest absolute Gasteiger partial charge is 0.251 e. The number of rotatable bonds is 7. The van der Waals surface area contributed by atoms with Crippen LogP contribution in [0.2, 0.25) is 0 Å². The van der Waals surface area contributed by atoms with Crippen LogP contribution in [0.1, 0.15) is 27.3 Å². The van der Waals surface area contributed by atoms with Gasteiger partial charge in [-0.3, -0.25) is 14.3 Å². The molecule has 0 bridgehead atoms. The molecule has 1 atom stereocenters. The molecule has 0 saturated carbocycles. The summed E-state index contributed by atoms with van der Waals surface area (Å²) in [6.07, 6.45) is 3.56. The molecule has 2 amide bonds. The van der Waals surface area contributed by atoms with Crippen LogP contribution in [0.15, 0.2) is 76.0 Å². The van der Waals surface area contributed by atoms with Gasteiger partial charge >= 0.3 is 0 Å². The summed E-state index contributed by atoms with van der Waals surface area (Å²) >= 11 is 0. The molecular weight excluding hydrogens is 444 g/mol. The molecule has 35 heavy (non-hydrogen) atoms. The van der Waals surface area contributed by atoms with E-state index in [0.717, 1.165) is 33.3 Å². The largest absolute Gasteiger partial charge is 0.464 e. The number of benzene rings is 2. The summed E-state index contributed by atoms with van der Waals surface area (Å²) in [6.45, 7) is 2.29. The molecule has 0 spiro atoms. The number of furan rings is 2. The van der Waals surface area contributed by atoms with Gasteiger partial charge in [0.1, 0.15) is 17.2 Å². The van der Waals surface area contributed by atoms with Crippen LogP contribution in [0.5, 0.6) is 0 Å². The van der Waals surface area contributed by atoms with Crippen molar-refractivity contribution >= 4 is 33.8 Å². The molecule has 2 aromatic carbocycles. The highest BCUT2D eigenvalue weighted by Crippen LogP contribution is 2.20. The maximum Gasteiger partial charge on any atom is 0.251 e. The predicted molar refractivity (Wildman–Crippen MR) is 132 cm³/mol. The fraction of sp³-hybridized carbons (Fsp3) is 0.222. The number of amides is 2. The molecule has 8 heteroatoms. The summed E-state index contributed by atoms with van der Waals surface area (Å²) in [4.78, 5) is 28.4. The van der Waals surface area contributed by atoms with Crippen LogP contribution in [0.25, 0.3) is 21.9 Å². The summed E-state index contributed by atoms with van der Waals surface area (Å²) in [7, 11) is 3.59. The Morgan fingerprint density at radius 3 is 2.37 bits per heavy atom. The Hall–Kier alpha value is -4.33. The maximum absolute atomic E-state index is 13.6. The van der Waals surface area contributed by atoms with E-state index in [9.17, 15) is 9.59 Å². The number of hydrogen-bond donors (Lipinski definition) is 1. The summed E-state index contributed by atoms with van der Waals surface area (Å²) in [6, 6.07) is 15.9. The predicted octanol–water partition coefficient (Wildman–Crippen LogP) is 4.22. The number of nitrogens with one attached hydrogen (secondary N) is 1. The molecule has 8 nitrogen and oxygen atoms in total. The Morgan fingerprint density at radius 1 is 1.00 bits per heavy atom. The third-order valence-corrected chi connectivity index (χ3v) is 6.15. The summed E-state index contributed by atoms with van der Waals surface area (Å²) < 4.78 is 12.6. The second kappa shape index (κ2) is 9.13. The molecule has 3 heterocycles. The second-order valence-corrected chi connectivity index (χ2v) is 8.79. The van der Waals surface area contributed by atoms with Gasteiger partial charge in [0.25, 0.3) is 5.91 Å². The zero-order valence-electron chi connectivity index (χ0n) is 19.8. The molecular formula is C27H26N4O4. The van der Waals surface area contributed by atoms with E-state index in [1.54, 1.807) is 53.4 Å². The van der Waals surface area contributed by atoms with Crippen LogP contribution in [0, 0.1) is 6.92 Å². The number of likely N-dealkylation sites (N-methyl/N-ethyl adjacent to an activating group) is 1. The van der Waals surface area contributed by atoms with E-state index in [-0.39, 0.29) is 11.8 Å². The summed E-state index contributed by atoms with van der Waals surface area (Å²) in [5, 5.41) is 9.10. The fourth-order valence-electron chi connectivity index (χ4n) is 4.33. The van der Waals surface area contributed by atoms with Gasteiger partial charge in [-0.1, -0.05) is 6.07 Å². The lowest BCUT2D eigenvalue weighted by atomic mass is 10.0. The van der Waals surface area contributed by atoms with Gasteiger partial charge in [-0.25, -0.2) is 0 Å². The first-order chi connectivity index (χ1) is 16.9. The van der Waals surface area contributed by atoms with Gasteiger partial charge in [0, 0.05) is 36.9 Å². The van der Waals surface area contributed by atoms with Crippen molar-refractivity contribution in [2.75, 3.05) is 7.05 Å². The summed E-state index contributed by atoms with van der Waals surface area (Å²) in [5.41, 5.74) is 4.66. The molecule has 5 aromatic rings. The zero-order chi connectivity index (χ0) is 24.5. The first-order valence-corrected chi connectivity index (χ1v) is 11.4. The minimum Gasteiger partial charge on any atom is -0.464 e. The Balaban J connectivity index is 1.40. The van der Waals surface area contributed by atoms with Crippen LogP contribution in [-0.4, -0.2) is 39.6 Å². The number of carbonyl (C=O) groups is 2. The molecule has 1 N–H and O–H groups in total. The van der Waals surface area contributed by atoms with Gasteiger partial charge in [-0.15, -0.1) is 0 Å². The minimum atomic E-state index is -0.758. The molecule has 0 aliphatic rings. The van der Waals surface area contributed by atoms with E-state index in [0.29, 0.717) is 24.1 Å². The first-order valence-electron chi connectivity index (χ1n) is 11.4. The van der Waals surface area contributed by atoms with Gasteiger partial charge in [-0.05, 0) is 61.0 Å². The van der Waals surface area contributed by atoms with Crippen molar-refractivity contribution < 1.29 is 18.4 Å². The van der Waals surface area contributed by atoms with E-state index in [4.69, 9.17) is 8.83 Å². The standard InChI is InChI=1S/C27H26N4O4/c1-17-12-22(31(3)29-17)16-30(2)27(33)23(14-18-4-6-24-19(13-18)8-10-34-24)28-26(32)21-5-7-25-20(15-21)9-11-35-25/h4-13,15,23H,14,16H2,1-3H3,(H,28,32)/t23-/m1/s1. The van der Waals surface area contributed by atoms with Crippen molar-refractivity contribution in [2.45, 2.75) is 25.9 Å². The SMILES string of the molecule is Cc1cc(CN(C)C(=O)[C@@H](Cc2ccc3occc3c2)NC(=O)c2ccc3occc3c2)n(C)n1. The molecule has 0 radical (unpaired) electrons. The molecule has 3 aromatic heterocycles. The highest BCUT2D eigenvalue weighted by atomic mass is 16.3. The normalized spacial score (nSPS) is 12.2. The van der Waals surface area contributed by atoms with Gasteiger partial charge in [0.05, 0.1) is 30.5 Å². The lowest BCUT2D eigenvalue weighted by Crippen LogP contribution is -2.48. The number of hydrogen-bond acceptors (Lipinski definition) is 5. The maximum atomic E-state index is 13.6. The minimum absolute atomic E-state index is 0.186. The molecule has 0 fully saturated rings. The third kappa shape index (κ3) is 4.68. The zero-order valence-corrected chi connectivity index (χ0v) is 19.8. The Kier molecular flexibility index (Phi) is 5.86. The molecule has 0 aliphatic heterocycles. The molecule has 0 aliphatic carbocycles. The van der Waals surface area contributed by atoms with Crippen molar-refractivity contribution in [3.8, 4) is 0 Å². The monoisotopic (exact) mass is 470 g/mol. The lowest BCUT2D eigenvalue weighted by molar-refractivity contribution is -0.132. The lowest BCUT2D eigenvalue weighted by Gasteiger charge is -2.25. The van der Waals surface area contributed by atoms with Crippen LogP contribution >= 0.6 is 0 Å². The van der Waals surface area contributed by atoms with Crippen LogP contribution < -0.4 is 5.32 Å². The Morgan fingerprint density at radius 2 is 1.69 bits per heavy atom. The topological polar surface area (TPSA) is 93.5 Å². The number of nitrogens with zero attached hydrogens (tertiary/aromatic N) is 3. The fourth-order valence-corrected chi connectivity index (χ4v) is 4.33. The van der Waals surface area contributed by atoms with E-state index in [2.05, 4.69) is 10.4 Å². The second-order valence-electron chi connectivity index (χ2n) is 8.79. The highest BCUT2D eigenvalue weighted by molar-refractivity contribution is 6.00. The van der Waals surface area contributed by atoms with E-state index in [1.807, 2.05) is 44.3 Å². The molecule has 178 valence electrons. The van der Waals surface area contributed by atoms with Crippen molar-refractivity contribution in [3.63, 3.8) is 0 Å². The average molecular weight is 471 g/mol.